The highest BCUT2D eigenvalue weighted by Gasteiger charge is 2.20. The first kappa shape index (κ1) is 12.6. The summed E-state index contributed by atoms with van der Waals surface area (Å²) in [6.07, 6.45) is 2.87. The summed E-state index contributed by atoms with van der Waals surface area (Å²) in [6, 6.07) is 4.00. The molecule has 0 amide bonds. The van der Waals surface area contributed by atoms with E-state index in [-0.39, 0.29) is 5.92 Å². The normalized spacial score (nSPS) is 17.8. The Kier molecular flexibility index (Phi) is 3.65. The van der Waals surface area contributed by atoms with Crippen molar-refractivity contribution in [3.8, 4) is 11.5 Å². The molecule has 1 aromatic carbocycles. The lowest BCUT2D eigenvalue weighted by atomic mass is 9.91. The van der Waals surface area contributed by atoms with Crippen molar-refractivity contribution in [2.75, 3.05) is 14.2 Å². The largest absolute Gasteiger partial charge is 0.493 e. The molecule has 0 aliphatic carbocycles. The molecule has 0 fully saturated rings. The maximum Gasteiger partial charge on any atom is 0.161 e. The fraction of sp³-hybridized carbons (Fsp3) is 0.429. The van der Waals surface area contributed by atoms with E-state index >= 15 is 0 Å². The van der Waals surface area contributed by atoms with Gasteiger partial charge < -0.3 is 9.47 Å². The summed E-state index contributed by atoms with van der Waals surface area (Å²) in [7, 11) is 3.29. The van der Waals surface area contributed by atoms with E-state index in [9.17, 15) is 0 Å². The molecule has 1 heterocycles. The monoisotopic (exact) mass is 246 g/mol. The highest BCUT2D eigenvalue weighted by Crippen LogP contribution is 2.35. The van der Waals surface area contributed by atoms with Crippen LogP contribution in [0.1, 0.15) is 37.3 Å². The van der Waals surface area contributed by atoms with Crippen LogP contribution in [-0.4, -0.2) is 26.1 Å². The molecule has 0 aromatic heterocycles. The van der Waals surface area contributed by atoms with Gasteiger partial charge in [-0.25, -0.2) is 0 Å². The van der Waals surface area contributed by atoms with Gasteiger partial charge in [0.1, 0.15) is 0 Å². The molecule has 18 heavy (non-hydrogen) atoms. The summed E-state index contributed by atoms with van der Waals surface area (Å²) >= 11 is 0. The summed E-state index contributed by atoms with van der Waals surface area (Å²) in [5.41, 5.74) is 3.17. The highest BCUT2D eigenvalue weighted by atomic mass is 16.5. The first-order chi connectivity index (χ1) is 8.71. The molecule has 0 bridgehead atoms. The predicted molar refractivity (Wildman–Crippen MR) is 73.3 cm³/mol. The van der Waals surface area contributed by atoms with E-state index < -0.39 is 0 Å². The molecule has 1 unspecified atom stereocenters. The number of rotatable bonds is 3. The van der Waals surface area contributed by atoms with Crippen molar-refractivity contribution >= 4 is 11.9 Å². The van der Waals surface area contributed by atoms with Gasteiger partial charge in [0.15, 0.2) is 11.5 Å². The molecule has 0 saturated carbocycles. The van der Waals surface area contributed by atoms with Gasteiger partial charge in [-0.1, -0.05) is 6.92 Å². The molecular weight excluding hydrogens is 228 g/mol. The molecule has 4 nitrogen and oxygen atoms in total. The van der Waals surface area contributed by atoms with Gasteiger partial charge in [-0.2, -0.15) is 10.2 Å². The molecule has 1 aromatic rings. The first-order valence-corrected chi connectivity index (χ1v) is 6.05. The Labute approximate surface area is 107 Å². The fourth-order valence-electron chi connectivity index (χ4n) is 2.17. The minimum atomic E-state index is 0.265. The van der Waals surface area contributed by atoms with E-state index in [2.05, 4.69) is 17.1 Å². The molecule has 4 heteroatoms. The number of fused-ring (bicyclic) bond motifs is 1. The quantitative estimate of drug-likeness (QED) is 0.822. The van der Waals surface area contributed by atoms with Crippen LogP contribution in [0.2, 0.25) is 0 Å². The molecule has 2 rings (SSSR count). The lowest BCUT2D eigenvalue weighted by Crippen LogP contribution is -2.06. The minimum absolute atomic E-state index is 0.265. The van der Waals surface area contributed by atoms with Crippen molar-refractivity contribution in [3.63, 3.8) is 0 Å². The molecule has 0 saturated heterocycles. The Bertz CT molecular complexity index is 507. The van der Waals surface area contributed by atoms with Crippen LogP contribution in [0.4, 0.5) is 0 Å². The molecule has 1 aliphatic heterocycles. The molecule has 0 radical (unpaired) electrons. The molecule has 1 atom stereocenters. The van der Waals surface area contributed by atoms with Crippen molar-refractivity contribution in [1.82, 2.24) is 0 Å². The standard InChI is InChI=1S/C14H18N2O2/c1-5-10-8-15-16-9(2)11-6-13(17-3)14(18-4)7-12(10)11/h6-8,10H,5H2,1-4H3. The van der Waals surface area contributed by atoms with E-state index in [0.717, 1.165) is 29.2 Å². The minimum Gasteiger partial charge on any atom is -0.493 e. The van der Waals surface area contributed by atoms with Gasteiger partial charge in [-0.15, -0.1) is 0 Å². The molecule has 96 valence electrons. The second-order valence-corrected chi connectivity index (χ2v) is 4.26. The van der Waals surface area contributed by atoms with Crippen molar-refractivity contribution in [2.24, 2.45) is 10.2 Å². The van der Waals surface area contributed by atoms with Gasteiger partial charge in [-0.3, -0.25) is 0 Å². The highest BCUT2D eigenvalue weighted by molar-refractivity contribution is 6.02. The second-order valence-electron chi connectivity index (χ2n) is 4.26. The number of benzene rings is 1. The Morgan fingerprint density at radius 3 is 2.44 bits per heavy atom. The van der Waals surface area contributed by atoms with Crippen molar-refractivity contribution in [1.29, 1.82) is 0 Å². The summed E-state index contributed by atoms with van der Waals surface area (Å²) < 4.78 is 10.7. The number of methoxy groups -OCH3 is 2. The second kappa shape index (κ2) is 5.21. The Hall–Kier alpha value is -1.84. The predicted octanol–water partition coefficient (Wildman–Crippen LogP) is 3.01. The summed E-state index contributed by atoms with van der Waals surface area (Å²) in [5.74, 6) is 1.74. The van der Waals surface area contributed by atoms with Gasteiger partial charge >= 0.3 is 0 Å². The van der Waals surface area contributed by atoms with Crippen LogP contribution >= 0.6 is 0 Å². The Morgan fingerprint density at radius 2 is 1.83 bits per heavy atom. The van der Waals surface area contributed by atoms with Gasteiger partial charge in [0, 0.05) is 17.7 Å². The van der Waals surface area contributed by atoms with Crippen LogP contribution in [-0.2, 0) is 0 Å². The molecule has 0 spiro atoms. The van der Waals surface area contributed by atoms with Gasteiger partial charge in [0.25, 0.3) is 0 Å². The Balaban J connectivity index is 2.63. The smallest absolute Gasteiger partial charge is 0.161 e. The third-order valence-corrected chi connectivity index (χ3v) is 3.24. The van der Waals surface area contributed by atoms with E-state index in [1.807, 2.05) is 25.3 Å². The number of hydrogen-bond donors (Lipinski definition) is 0. The molecular formula is C14H18N2O2. The summed E-state index contributed by atoms with van der Waals surface area (Å²) in [4.78, 5) is 0. The number of nitrogens with zero attached hydrogens (tertiary/aromatic N) is 2. The summed E-state index contributed by atoms with van der Waals surface area (Å²) in [5, 5.41) is 8.29. The molecule has 1 aliphatic rings. The van der Waals surface area contributed by atoms with Crippen LogP contribution in [0, 0.1) is 0 Å². The maximum atomic E-state index is 5.36. The third kappa shape index (κ3) is 2.10. The lowest BCUT2D eigenvalue weighted by Gasteiger charge is -2.17. The van der Waals surface area contributed by atoms with Crippen LogP contribution in [0.3, 0.4) is 0 Å². The van der Waals surface area contributed by atoms with E-state index in [1.54, 1.807) is 14.2 Å². The van der Waals surface area contributed by atoms with Crippen molar-refractivity contribution in [2.45, 2.75) is 26.2 Å². The zero-order valence-corrected chi connectivity index (χ0v) is 11.2. The van der Waals surface area contributed by atoms with E-state index in [0.29, 0.717) is 0 Å². The number of ether oxygens (including phenoxy) is 2. The average molecular weight is 246 g/mol. The number of hydrogen-bond acceptors (Lipinski definition) is 4. The first-order valence-electron chi connectivity index (χ1n) is 6.05. The van der Waals surface area contributed by atoms with Crippen molar-refractivity contribution < 1.29 is 9.47 Å². The van der Waals surface area contributed by atoms with Crippen LogP contribution < -0.4 is 9.47 Å². The van der Waals surface area contributed by atoms with Crippen molar-refractivity contribution in [3.05, 3.63) is 23.3 Å². The summed E-state index contributed by atoms with van der Waals surface area (Å²) in [6.45, 7) is 4.10. The topological polar surface area (TPSA) is 43.2 Å². The third-order valence-electron chi connectivity index (χ3n) is 3.24. The zero-order chi connectivity index (χ0) is 13.1. The van der Waals surface area contributed by atoms with Gasteiger partial charge in [0.05, 0.1) is 19.9 Å². The van der Waals surface area contributed by atoms with Crippen LogP contribution in [0.5, 0.6) is 11.5 Å². The van der Waals surface area contributed by atoms with Gasteiger partial charge in [0.2, 0.25) is 0 Å². The van der Waals surface area contributed by atoms with Gasteiger partial charge in [-0.05, 0) is 31.0 Å². The average Bonchev–Trinajstić information content (AvgIpc) is 2.56. The van der Waals surface area contributed by atoms with E-state index in [1.165, 1.54) is 5.56 Å². The maximum absolute atomic E-state index is 5.36. The van der Waals surface area contributed by atoms with Crippen LogP contribution in [0.15, 0.2) is 22.3 Å². The SMILES string of the molecule is CCC1C=NN=C(C)c2cc(OC)c(OC)cc21. The lowest BCUT2D eigenvalue weighted by molar-refractivity contribution is 0.354. The van der Waals surface area contributed by atoms with E-state index in [4.69, 9.17) is 9.47 Å². The van der Waals surface area contributed by atoms with Crippen LogP contribution in [0.25, 0.3) is 0 Å². The molecule has 0 N–H and O–H groups in total. The fourth-order valence-corrected chi connectivity index (χ4v) is 2.17. The Morgan fingerprint density at radius 1 is 1.17 bits per heavy atom. The zero-order valence-electron chi connectivity index (χ0n) is 11.2.